The summed E-state index contributed by atoms with van der Waals surface area (Å²) in [5.41, 5.74) is -0.356. The number of nitrogens with zero attached hydrogens (tertiary/aromatic N) is 2. The summed E-state index contributed by atoms with van der Waals surface area (Å²) in [4.78, 5) is 34.5. The lowest BCUT2D eigenvalue weighted by molar-refractivity contribution is 0.0699. The van der Waals surface area contributed by atoms with Crippen LogP contribution >= 0.6 is 11.6 Å². The first-order valence-electron chi connectivity index (χ1n) is 13.6. The first-order chi connectivity index (χ1) is 19.8. The third-order valence-corrected chi connectivity index (χ3v) is 8.65. The van der Waals surface area contributed by atoms with Crippen LogP contribution in [0.4, 0.5) is 20.8 Å². The maximum Gasteiger partial charge on any atom is 0.413 e. The highest BCUT2D eigenvalue weighted by atomic mass is 35.5. The van der Waals surface area contributed by atoms with Gasteiger partial charge in [-0.3, -0.25) is 15.0 Å². The van der Waals surface area contributed by atoms with Gasteiger partial charge in [0.25, 0.3) is 5.91 Å². The second-order valence-electron chi connectivity index (χ2n) is 10.9. The van der Waals surface area contributed by atoms with Crippen molar-refractivity contribution < 1.29 is 23.8 Å². The summed E-state index contributed by atoms with van der Waals surface area (Å²) < 4.78 is 20.7. The van der Waals surface area contributed by atoms with Gasteiger partial charge in [-0.15, -0.1) is 0 Å². The minimum absolute atomic E-state index is 0.155. The molecule has 11 heteroatoms. The Labute approximate surface area is 239 Å². The number of aromatic amines is 1. The predicted octanol–water partition coefficient (Wildman–Crippen LogP) is 5.29. The molecule has 0 radical (unpaired) electrons. The number of H-pyrrole nitrogens is 1. The van der Waals surface area contributed by atoms with Crippen molar-refractivity contribution in [3.8, 4) is 0 Å². The Morgan fingerprint density at radius 3 is 2.73 bits per heavy atom. The third kappa shape index (κ3) is 4.34. The van der Waals surface area contributed by atoms with Crippen LogP contribution in [0.2, 0.25) is 5.02 Å². The van der Waals surface area contributed by atoms with Crippen molar-refractivity contribution in [3.63, 3.8) is 0 Å². The molecule has 0 saturated carbocycles. The molecule has 2 bridgehead atoms. The minimum Gasteiger partial charge on any atom is -0.449 e. The van der Waals surface area contributed by atoms with Crippen LogP contribution in [0.1, 0.15) is 47.2 Å². The first kappa shape index (κ1) is 25.9. The van der Waals surface area contributed by atoms with Gasteiger partial charge in [0, 0.05) is 28.8 Å². The molecule has 9 nitrogen and oxygen atoms in total. The van der Waals surface area contributed by atoms with Gasteiger partial charge in [0.2, 0.25) is 5.95 Å². The van der Waals surface area contributed by atoms with Gasteiger partial charge in [-0.1, -0.05) is 41.9 Å². The molecule has 2 saturated heterocycles. The monoisotopic (exact) mass is 575 g/mol. The number of aromatic nitrogens is 2. The van der Waals surface area contributed by atoms with Crippen molar-refractivity contribution in [3.05, 3.63) is 88.2 Å². The van der Waals surface area contributed by atoms with E-state index in [-0.39, 0.29) is 22.2 Å². The number of imidazole rings is 1. The number of carbonyl (C=O) groups excluding carboxylic acids is 2. The molecular formula is C30H27ClFN5O4. The summed E-state index contributed by atoms with van der Waals surface area (Å²) in [6.07, 6.45) is 3.75. The van der Waals surface area contributed by atoms with E-state index >= 15 is 4.39 Å². The second kappa shape index (κ2) is 9.83. The lowest BCUT2D eigenvalue weighted by Gasteiger charge is -2.35. The molecule has 2 fully saturated rings. The molecule has 4 N–H and O–H groups in total. The van der Waals surface area contributed by atoms with E-state index in [1.54, 1.807) is 42.5 Å². The Balaban J connectivity index is 1.17. The van der Waals surface area contributed by atoms with E-state index < -0.39 is 23.5 Å². The first-order valence-corrected chi connectivity index (χ1v) is 14.0. The molecule has 3 unspecified atom stereocenters. The minimum atomic E-state index is -2.04. The molecule has 3 aliphatic heterocycles. The Morgan fingerprint density at radius 1 is 1.15 bits per heavy atom. The van der Waals surface area contributed by atoms with Crippen LogP contribution in [0.15, 0.2) is 60.7 Å². The zero-order valence-corrected chi connectivity index (χ0v) is 22.6. The van der Waals surface area contributed by atoms with Crippen molar-refractivity contribution >= 4 is 46.3 Å². The van der Waals surface area contributed by atoms with Gasteiger partial charge in [-0.05, 0) is 61.9 Å². The van der Waals surface area contributed by atoms with E-state index in [0.29, 0.717) is 46.8 Å². The second-order valence-corrected chi connectivity index (χ2v) is 11.4. The van der Waals surface area contributed by atoms with Crippen molar-refractivity contribution in [2.45, 2.75) is 43.5 Å². The zero-order valence-electron chi connectivity index (χ0n) is 21.9. The number of piperidine rings is 1. The van der Waals surface area contributed by atoms with E-state index in [1.165, 1.54) is 31.0 Å². The number of nitrogens with one attached hydrogen (secondary N) is 3. The van der Waals surface area contributed by atoms with Crippen LogP contribution in [0, 0.1) is 11.7 Å². The Kier molecular flexibility index (Phi) is 6.22. The molecule has 4 aromatic rings. The van der Waals surface area contributed by atoms with E-state index in [4.69, 9.17) is 16.3 Å². The average molecular weight is 576 g/mol. The number of carbonyl (C=O) groups is 2. The predicted molar refractivity (Wildman–Crippen MR) is 151 cm³/mol. The van der Waals surface area contributed by atoms with E-state index in [1.807, 2.05) is 0 Å². The standard InChI is InChI=1S/C30H27ClFN5O4/c31-22-6-3-7-25(26(22)32)37-27(38)20-4-1-2-5-21(20)30(37,40)17-8-11-23-24(14-17)35-28(34-23)36-29(39)41-15-16-12-18-9-10-19(13-16)33-18/h1-8,11,14,16,18-19,33,40H,9-10,12-13,15H2,(H2,34,35,36,39). The van der Waals surface area contributed by atoms with Gasteiger partial charge < -0.3 is 20.1 Å². The van der Waals surface area contributed by atoms with Crippen molar-refractivity contribution in [1.82, 2.24) is 15.3 Å². The maximum atomic E-state index is 15.2. The lowest BCUT2D eigenvalue weighted by atomic mass is 9.93. The van der Waals surface area contributed by atoms with Crippen molar-refractivity contribution in [2.24, 2.45) is 5.92 Å². The highest BCUT2D eigenvalue weighted by molar-refractivity contribution is 6.31. The highest BCUT2D eigenvalue weighted by Crippen LogP contribution is 2.46. The molecule has 4 heterocycles. The van der Waals surface area contributed by atoms with Crippen LogP contribution in [0.5, 0.6) is 0 Å². The molecule has 3 atom stereocenters. The lowest BCUT2D eigenvalue weighted by Crippen LogP contribution is -2.45. The number of ether oxygens (including phenoxy) is 1. The number of hydrogen-bond acceptors (Lipinski definition) is 6. The smallest absolute Gasteiger partial charge is 0.413 e. The molecule has 0 aliphatic carbocycles. The summed E-state index contributed by atoms with van der Waals surface area (Å²) in [7, 11) is 0. The maximum absolute atomic E-state index is 15.2. The van der Waals surface area contributed by atoms with Gasteiger partial charge in [0.05, 0.1) is 28.4 Å². The van der Waals surface area contributed by atoms with Crippen LogP contribution in [0.3, 0.4) is 0 Å². The fourth-order valence-electron chi connectivity index (χ4n) is 6.52. The number of fused-ring (bicyclic) bond motifs is 4. The molecule has 210 valence electrons. The zero-order chi connectivity index (χ0) is 28.3. The van der Waals surface area contributed by atoms with Gasteiger partial charge in [-0.25, -0.2) is 14.2 Å². The van der Waals surface area contributed by atoms with Crippen molar-refractivity contribution in [1.29, 1.82) is 0 Å². The number of rotatable bonds is 5. The average Bonchev–Trinajstić information content (AvgIpc) is 3.60. The Hall–Kier alpha value is -3.99. The number of halogens is 2. The molecule has 7 rings (SSSR count). The molecule has 3 aromatic carbocycles. The number of anilines is 2. The highest BCUT2D eigenvalue weighted by Gasteiger charge is 2.51. The fraction of sp³-hybridized carbons (Fsp3) is 0.300. The number of aliphatic hydroxyl groups is 1. The Morgan fingerprint density at radius 2 is 1.93 bits per heavy atom. The normalized spacial score (nSPS) is 25.0. The summed E-state index contributed by atoms with van der Waals surface area (Å²) >= 11 is 6.04. The molecule has 41 heavy (non-hydrogen) atoms. The Bertz CT molecular complexity index is 1680. The van der Waals surface area contributed by atoms with E-state index in [2.05, 4.69) is 20.6 Å². The molecular weight excluding hydrogens is 549 g/mol. The van der Waals surface area contributed by atoms with E-state index in [9.17, 15) is 14.7 Å². The SMILES string of the molecule is O=C(Nc1nc2ccc(C3(O)c4ccccc4C(=O)N3c3cccc(Cl)c3F)cc2[nH]1)OCC1CC2CCC(C1)N2. The summed E-state index contributed by atoms with van der Waals surface area (Å²) in [5, 5.41) is 18.3. The summed E-state index contributed by atoms with van der Waals surface area (Å²) in [6.45, 7) is 0.348. The topological polar surface area (TPSA) is 120 Å². The number of benzene rings is 3. The van der Waals surface area contributed by atoms with Gasteiger partial charge in [0.1, 0.15) is 0 Å². The van der Waals surface area contributed by atoms with Crippen molar-refractivity contribution in [2.75, 3.05) is 16.8 Å². The van der Waals surface area contributed by atoms with Gasteiger partial charge in [0.15, 0.2) is 11.5 Å². The van der Waals surface area contributed by atoms with Crippen LogP contribution in [0.25, 0.3) is 11.0 Å². The molecule has 0 spiro atoms. The summed E-state index contributed by atoms with van der Waals surface area (Å²) in [6, 6.07) is 16.8. The number of amides is 2. The molecule has 3 aliphatic rings. The quantitative estimate of drug-likeness (QED) is 0.257. The van der Waals surface area contributed by atoms with E-state index in [0.717, 1.165) is 17.7 Å². The van der Waals surface area contributed by atoms with Gasteiger partial charge in [-0.2, -0.15) is 0 Å². The molecule has 2 amide bonds. The van der Waals surface area contributed by atoms with Crippen LogP contribution in [-0.4, -0.2) is 45.8 Å². The van der Waals surface area contributed by atoms with Crippen LogP contribution in [-0.2, 0) is 10.5 Å². The number of hydrogen-bond donors (Lipinski definition) is 4. The largest absolute Gasteiger partial charge is 0.449 e. The van der Waals surface area contributed by atoms with Crippen LogP contribution < -0.4 is 15.5 Å². The summed E-state index contributed by atoms with van der Waals surface area (Å²) in [5.74, 6) is -0.873. The fourth-order valence-corrected chi connectivity index (χ4v) is 6.69. The third-order valence-electron chi connectivity index (χ3n) is 8.36. The van der Waals surface area contributed by atoms with Gasteiger partial charge >= 0.3 is 6.09 Å². The molecule has 1 aromatic heterocycles.